The van der Waals surface area contributed by atoms with Crippen LogP contribution in [0.3, 0.4) is 0 Å². The average molecular weight is 223 g/mol. The van der Waals surface area contributed by atoms with Crippen LogP contribution in [0.4, 0.5) is 0 Å². The smallest absolute Gasteiger partial charge is 0.317 e. The SMILES string of the molecule is CC.Cc1ccc(CNCC(=O)O)cc1C. The van der Waals surface area contributed by atoms with Gasteiger partial charge in [-0.2, -0.15) is 0 Å². The van der Waals surface area contributed by atoms with Crippen LogP contribution < -0.4 is 5.32 Å². The molecule has 0 amide bonds. The maximum atomic E-state index is 10.2. The minimum atomic E-state index is -0.825. The number of rotatable bonds is 4. The number of carboxylic acids is 1. The van der Waals surface area contributed by atoms with Crippen LogP contribution in [0, 0.1) is 13.8 Å². The molecule has 0 aliphatic heterocycles. The highest BCUT2D eigenvalue weighted by atomic mass is 16.4. The third-order valence-electron chi connectivity index (χ3n) is 2.18. The van der Waals surface area contributed by atoms with Gasteiger partial charge < -0.3 is 10.4 Å². The fourth-order valence-electron chi connectivity index (χ4n) is 1.23. The molecule has 16 heavy (non-hydrogen) atoms. The van der Waals surface area contributed by atoms with Gasteiger partial charge in [0.05, 0.1) is 6.54 Å². The van der Waals surface area contributed by atoms with Crippen LogP contribution in [-0.4, -0.2) is 17.6 Å². The molecule has 1 aromatic rings. The van der Waals surface area contributed by atoms with Gasteiger partial charge in [-0.1, -0.05) is 32.0 Å². The van der Waals surface area contributed by atoms with Crippen molar-refractivity contribution in [3.63, 3.8) is 0 Å². The Labute approximate surface area is 97.5 Å². The number of carboxylic acid groups (broad SMARTS) is 1. The summed E-state index contributed by atoms with van der Waals surface area (Å²) in [6.07, 6.45) is 0. The Hall–Kier alpha value is -1.35. The summed E-state index contributed by atoms with van der Waals surface area (Å²) in [6, 6.07) is 6.13. The van der Waals surface area contributed by atoms with E-state index in [-0.39, 0.29) is 6.54 Å². The van der Waals surface area contributed by atoms with Crippen LogP contribution in [0.1, 0.15) is 30.5 Å². The first-order valence-corrected chi connectivity index (χ1v) is 5.58. The summed E-state index contributed by atoms with van der Waals surface area (Å²) >= 11 is 0. The Balaban J connectivity index is 0.00000106. The molecule has 0 aromatic heterocycles. The number of aliphatic carboxylic acids is 1. The van der Waals surface area contributed by atoms with Gasteiger partial charge in [-0.05, 0) is 30.5 Å². The van der Waals surface area contributed by atoms with Crippen molar-refractivity contribution in [1.82, 2.24) is 5.32 Å². The van der Waals surface area contributed by atoms with E-state index in [1.165, 1.54) is 11.1 Å². The first-order chi connectivity index (χ1) is 7.59. The second-order valence-electron chi connectivity index (χ2n) is 3.42. The third kappa shape index (κ3) is 5.51. The molecule has 1 aromatic carbocycles. The minimum absolute atomic E-state index is 0.00687. The number of hydrogen-bond acceptors (Lipinski definition) is 2. The summed E-state index contributed by atoms with van der Waals surface area (Å²) in [7, 11) is 0. The molecule has 0 fully saturated rings. The molecule has 0 saturated heterocycles. The molecule has 3 nitrogen and oxygen atoms in total. The molecule has 0 atom stereocenters. The molecule has 0 aliphatic carbocycles. The van der Waals surface area contributed by atoms with Crippen LogP contribution in [0.2, 0.25) is 0 Å². The average Bonchev–Trinajstić information content (AvgIpc) is 2.26. The van der Waals surface area contributed by atoms with E-state index < -0.39 is 5.97 Å². The normalized spacial score (nSPS) is 9.25. The lowest BCUT2D eigenvalue weighted by Gasteiger charge is -2.05. The van der Waals surface area contributed by atoms with E-state index in [2.05, 4.69) is 25.2 Å². The van der Waals surface area contributed by atoms with Gasteiger partial charge >= 0.3 is 5.97 Å². The summed E-state index contributed by atoms with van der Waals surface area (Å²) in [5, 5.41) is 11.3. The summed E-state index contributed by atoms with van der Waals surface area (Å²) < 4.78 is 0. The van der Waals surface area contributed by atoms with Crippen LogP contribution >= 0.6 is 0 Å². The predicted octanol–water partition coefficient (Wildman–Crippen LogP) is 2.50. The van der Waals surface area contributed by atoms with Crippen molar-refractivity contribution in [1.29, 1.82) is 0 Å². The lowest BCUT2D eigenvalue weighted by Crippen LogP contribution is -2.21. The monoisotopic (exact) mass is 223 g/mol. The number of aryl methyl sites for hydroxylation is 2. The van der Waals surface area contributed by atoms with Crippen molar-refractivity contribution in [3.8, 4) is 0 Å². The molecule has 90 valence electrons. The van der Waals surface area contributed by atoms with Gasteiger partial charge in [0, 0.05) is 6.54 Å². The van der Waals surface area contributed by atoms with E-state index in [0.717, 1.165) is 5.56 Å². The van der Waals surface area contributed by atoms with Gasteiger partial charge in [-0.3, -0.25) is 4.79 Å². The lowest BCUT2D eigenvalue weighted by molar-refractivity contribution is -0.135. The summed E-state index contributed by atoms with van der Waals surface area (Å²) in [5.74, 6) is -0.825. The molecule has 0 saturated carbocycles. The van der Waals surface area contributed by atoms with Crippen LogP contribution in [0.15, 0.2) is 18.2 Å². The summed E-state index contributed by atoms with van der Waals surface area (Å²) in [5.41, 5.74) is 3.61. The topological polar surface area (TPSA) is 49.3 Å². The summed E-state index contributed by atoms with van der Waals surface area (Å²) in [6.45, 7) is 8.72. The maximum absolute atomic E-state index is 10.2. The van der Waals surface area contributed by atoms with Crippen molar-refractivity contribution >= 4 is 5.97 Å². The van der Waals surface area contributed by atoms with Gasteiger partial charge in [-0.25, -0.2) is 0 Å². The van der Waals surface area contributed by atoms with E-state index >= 15 is 0 Å². The van der Waals surface area contributed by atoms with E-state index in [1.54, 1.807) is 0 Å². The van der Waals surface area contributed by atoms with Gasteiger partial charge in [0.25, 0.3) is 0 Å². The van der Waals surface area contributed by atoms with Gasteiger partial charge in [0.15, 0.2) is 0 Å². The van der Waals surface area contributed by atoms with Crippen molar-refractivity contribution in [3.05, 3.63) is 34.9 Å². The summed E-state index contributed by atoms with van der Waals surface area (Å²) in [4.78, 5) is 10.2. The second kappa shape index (κ2) is 7.88. The predicted molar refractivity (Wildman–Crippen MR) is 66.6 cm³/mol. The molecule has 0 aliphatic rings. The number of carbonyl (C=O) groups is 1. The molecular weight excluding hydrogens is 202 g/mol. The lowest BCUT2D eigenvalue weighted by atomic mass is 10.1. The highest BCUT2D eigenvalue weighted by Gasteiger charge is 1.98. The van der Waals surface area contributed by atoms with Crippen LogP contribution in [-0.2, 0) is 11.3 Å². The number of benzene rings is 1. The Kier molecular flexibility index (Phi) is 7.21. The molecule has 0 radical (unpaired) electrons. The zero-order valence-corrected chi connectivity index (χ0v) is 10.5. The Bertz CT molecular complexity index is 335. The number of hydrogen-bond donors (Lipinski definition) is 2. The highest BCUT2D eigenvalue weighted by molar-refractivity contribution is 5.68. The van der Waals surface area contributed by atoms with Crippen LogP contribution in [0.25, 0.3) is 0 Å². The third-order valence-corrected chi connectivity index (χ3v) is 2.18. The Morgan fingerprint density at radius 2 is 1.88 bits per heavy atom. The van der Waals surface area contributed by atoms with E-state index in [0.29, 0.717) is 6.54 Å². The fourth-order valence-corrected chi connectivity index (χ4v) is 1.23. The zero-order chi connectivity index (χ0) is 12.6. The van der Waals surface area contributed by atoms with Crippen LogP contribution in [0.5, 0.6) is 0 Å². The molecule has 1 rings (SSSR count). The largest absolute Gasteiger partial charge is 0.480 e. The van der Waals surface area contributed by atoms with E-state index in [4.69, 9.17) is 5.11 Å². The van der Waals surface area contributed by atoms with Crippen molar-refractivity contribution < 1.29 is 9.90 Å². The first kappa shape index (κ1) is 14.6. The highest BCUT2D eigenvalue weighted by Crippen LogP contribution is 2.09. The minimum Gasteiger partial charge on any atom is -0.480 e. The van der Waals surface area contributed by atoms with Crippen molar-refractivity contribution in [2.45, 2.75) is 34.2 Å². The quantitative estimate of drug-likeness (QED) is 0.824. The molecule has 2 N–H and O–H groups in total. The number of nitrogens with one attached hydrogen (secondary N) is 1. The van der Waals surface area contributed by atoms with Crippen molar-refractivity contribution in [2.75, 3.05) is 6.54 Å². The van der Waals surface area contributed by atoms with Gasteiger partial charge in [-0.15, -0.1) is 0 Å². The molecule has 0 unspecified atom stereocenters. The Morgan fingerprint density at radius 3 is 2.38 bits per heavy atom. The standard InChI is InChI=1S/C11H15NO2.C2H6/c1-8-3-4-10(5-9(8)2)6-12-7-11(13)14;1-2/h3-5,12H,6-7H2,1-2H3,(H,13,14);1-2H3. The van der Waals surface area contributed by atoms with Gasteiger partial charge in [0.1, 0.15) is 0 Å². The Morgan fingerprint density at radius 1 is 1.25 bits per heavy atom. The molecule has 3 heteroatoms. The molecule has 0 spiro atoms. The first-order valence-electron chi connectivity index (χ1n) is 5.58. The fraction of sp³-hybridized carbons (Fsp3) is 0.462. The molecule has 0 bridgehead atoms. The van der Waals surface area contributed by atoms with E-state index in [9.17, 15) is 4.79 Å². The molecule has 0 heterocycles. The molecular formula is C13H21NO2. The van der Waals surface area contributed by atoms with E-state index in [1.807, 2.05) is 26.0 Å². The second-order valence-corrected chi connectivity index (χ2v) is 3.42. The van der Waals surface area contributed by atoms with Crippen molar-refractivity contribution in [2.24, 2.45) is 0 Å². The maximum Gasteiger partial charge on any atom is 0.317 e. The zero-order valence-electron chi connectivity index (χ0n) is 10.5. The van der Waals surface area contributed by atoms with Gasteiger partial charge in [0.2, 0.25) is 0 Å².